The first kappa shape index (κ1) is 23.8. The first-order valence-electron chi connectivity index (χ1n) is 12.5. The van der Waals surface area contributed by atoms with Crippen LogP contribution in [0.4, 0.5) is 17.1 Å². The van der Waals surface area contributed by atoms with Gasteiger partial charge >= 0.3 is 0 Å². The lowest BCUT2D eigenvalue weighted by molar-refractivity contribution is -0.117. The standard InChI is InChI=1S/C26H32N4O4S/c31-25-7-6-18-30(25)21-10-8-20(9-11-21)27-26(32)23-19-22(12-13-24(23)28-14-4-5-15-28)35(33,34)29-16-2-1-3-17-29/h8-13,19H,1-7,14-18H2,(H,27,32). The molecular formula is C26H32N4O4S. The number of nitrogens with one attached hydrogen (secondary N) is 1. The SMILES string of the molecule is O=C(Nc1ccc(N2CCCC2=O)cc1)c1cc(S(=O)(=O)N2CCCCC2)ccc1N1CCCC1. The Kier molecular flexibility index (Phi) is 6.80. The Bertz CT molecular complexity index is 1200. The number of anilines is 3. The van der Waals surface area contributed by atoms with E-state index in [1.807, 2.05) is 12.1 Å². The van der Waals surface area contributed by atoms with E-state index in [4.69, 9.17) is 0 Å². The molecule has 3 fully saturated rings. The van der Waals surface area contributed by atoms with E-state index < -0.39 is 10.0 Å². The van der Waals surface area contributed by atoms with Gasteiger partial charge in [-0.25, -0.2) is 8.42 Å². The third-order valence-electron chi connectivity index (χ3n) is 7.12. The monoisotopic (exact) mass is 496 g/mol. The molecule has 35 heavy (non-hydrogen) atoms. The Morgan fingerprint density at radius 3 is 2.14 bits per heavy atom. The second-order valence-corrected chi connectivity index (χ2v) is 11.4. The average Bonchev–Trinajstić information content (AvgIpc) is 3.57. The van der Waals surface area contributed by atoms with Crippen LogP contribution in [0, 0.1) is 0 Å². The number of amides is 2. The largest absolute Gasteiger partial charge is 0.371 e. The van der Waals surface area contributed by atoms with Gasteiger partial charge in [0.05, 0.1) is 10.5 Å². The summed E-state index contributed by atoms with van der Waals surface area (Å²) in [4.78, 5) is 29.5. The van der Waals surface area contributed by atoms with Gasteiger partial charge in [0.15, 0.2) is 0 Å². The van der Waals surface area contributed by atoms with Crippen LogP contribution < -0.4 is 15.1 Å². The molecule has 0 bridgehead atoms. The zero-order valence-corrected chi connectivity index (χ0v) is 20.7. The van der Waals surface area contributed by atoms with Crippen LogP contribution in [0.5, 0.6) is 0 Å². The van der Waals surface area contributed by atoms with E-state index in [1.165, 1.54) is 10.4 Å². The van der Waals surface area contributed by atoms with Gasteiger partial charge in [-0.15, -0.1) is 0 Å². The molecule has 2 amide bonds. The van der Waals surface area contributed by atoms with Crippen LogP contribution >= 0.6 is 0 Å². The molecular weight excluding hydrogens is 464 g/mol. The maximum absolute atomic E-state index is 13.4. The summed E-state index contributed by atoms with van der Waals surface area (Å²) >= 11 is 0. The summed E-state index contributed by atoms with van der Waals surface area (Å²) in [5, 5.41) is 2.93. The van der Waals surface area contributed by atoms with E-state index in [2.05, 4.69) is 10.2 Å². The van der Waals surface area contributed by atoms with Crippen LogP contribution in [0.25, 0.3) is 0 Å². The minimum Gasteiger partial charge on any atom is -0.371 e. The average molecular weight is 497 g/mol. The van der Waals surface area contributed by atoms with Crippen LogP contribution in [-0.2, 0) is 14.8 Å². The number of piperidine rings is 1. The van der Waals surface area contributed by atoms with Gasteiger partial charge in [0.25, 0.3) is 5.91 Å². The van der Waals surface area contributed by atoms with Crippen molar-refractivity contribution in [1.82, 2.24) is 4.31 Å². The van der Waals surface area contributed by atoms with Crippen molar-refractivity contribution in [3.05, 3.63) is 48.0 Å². The van der Waals surface area contributed by atoms with Gasteiger partial charge in [-0.1, -0.05) is 6.42 Å². The molecule has 186 valence electrons. The third kappa shape index (κ3) is 4.92. The molecule has 0 saturated carbocycles. The van der Waals surface area contributed by atoms with Gasteiger partial charge in [0.2, 0.25) is 15.9 Å². The maximum Gasteiger partial charge on any atom is 0.257 e. The van der Waals surface area contributed by atoms with Crippen LogP contribution in [0.3, 0.4) is 0 Å². The molecule has 0 unspecified atom stereocenters. The number of carbonyl (C=O) groups is 2. The summed E-state index contributed by atoms with van der Waals surface area (Å²) in [7, 11) is -3.65. The second kappa shape index (κ2) is 9.99. The Morgan fingerprint density at radius 1 is 0.800 bits per heavy atom. The molecule has 0 aliphatic carbocycles. The predicted molar refractivity (Wildman–Crippen MR) is 136 cm³/mol. The summed E-state index contributed by atoms with van der Waals surface area (Å²) in [6.07, 6.45) is 6.27. The van der Waals surface area contributed by atoms with E-state index in [9.17, 15) is 18.0 Å². The first-order valence-corrected chi connectivity index (χ1v) is 14.0. The molecule has 3 aliphatic heterocycles. The molecule has 0 spiro atoms. The van der Waals surface area contributed by atoms with Crippen molar-refractivity contribution in [2.24, 2.45) is 0 Å². The molecule has 9 heteroatoms. The van der Waals surface area contributed by atoms with Crippen molar-refractivity contribution >= 4 is 38.9 Å². The molecule has 0 aromatic heterocycles. The molecule has 5 rings (SSSR count). The summed E-state index contributed by atoms with van der Waals surface area (Å²) in [6.45, 7) is 3.43. The third-order valence-corrected chi connectivity index (χ3v) is 9.02. The molecule has 2 aromatic carbocycles. The Hall–Kier alpha value is -2.91. The highest BCUT2D eigenvalue weighted by atomic mass is 32.2. The smallest absolute Gasteiger partial charge is 0.257 e. The molecule has 8 nitrogen and oxygen atoms in total. The highest BCUT2D eigenvalue weighted by Crippen LogP contribution is 2.30. The van der Waals surface area contributed by atoms with Gasteiger partial charge in [-0.05, 0) is 74.6 Å². The van der Waals surface area contributed by atoms with Gasteiger partial charge in [-0.2, -0.15) is 4.31 Å². The summed E-state index contributed by atoms with van der Waals surface area (Å²) in [5.74, 6) is -0.226. The van der Waals surface area contributed by atoms with Crippen molar-refractivity contribution in [3.8, 4) is 0 Å². The lowest BCUT2D eigenvalue weighted by atomic mass is 10.1. The van der Waals surface area contributed by atoms with Crippen molar-refractivity contribution in [2.75, 3.05) is 47.8 Å². The fourth-order valence-corrected chi connectivity index (χ4v) is 6.73. The lowest BCUT2D eigenvalue weighted by Crippen LogP contribution is -2.35. The molecule has 3 aliphatic rings. The van der Waals surface area contributed by atoms with Crippen LogP contribution in [0.15, 0.2) is 47.4 Å². The normalized spacial score (nSPS) is 19.4. The van der Waals surface area contributed by atoms with E-state index in [0.29, 0.717) is 37.3 Å². The van der Waals surface area contributed by atoms with Gasteiger partial charge < -0.3 is 15.1 Å². The Morgan fingerprint density at radius 2 is 1.49 bits per heavy atom. The van der Waals surface area contributed by atoms with Gasteiger partial charge in [0, 0.05) is 56.2 Å². The second-order valence-electron chi connectivity index (χ2n) is 9.49. The molecule has 0 radical (unpaired) electrons. The Labute approximate surface area is 206 Å². The number of benzene rings is 2. The summed E-state index contributed by atoms with van der Waals surface area (Å²) in [6, 6.07) is 12.2. The zero-order valence-electron chi connectivity index (χ0n) is 19.9. The molecule has 3 saturated heterocycles. The van der Waals surface area contributed by atoms with Crippen molar-refractivity contribution in [2.45, 2.75) is 49.8 Å². The number of sulfonamides is 1. The van der Waals surface area contributed by atoms with E-state index in [0.717, 1.165) is 63.0 Å². The quantitative estimate of drug-likeness (QED) is 0.656. The number of carbonyl (C=O) groups excluding carboxylic acids is 2. The van der Waals surface area contributed by atoms with Crippen LogP contribution in [0.2, 0.25) is 0 Å². The fraction of sp³-hybridized carbons (Fsp3) is 0.462. The minimum absolute atomic E-state index is 0.115. The summed E-state index contributed by atoms with van der Waals surface area (Å²) < 4.78 is 28.1. The van der Waals surface area contributed by atoms with E-state index in [1.54, 1.807) is 29.2 Å². The molecule has 0 atom stereocenters. The number of rotatable bonds is 6. The highest BCUT2D eigenvalue weighted by Gasteiger charge is 2.29. The number of hydrogen-bond donors (Lipinski definition) is 1. The van der Waals surface area contributed by atoms with E-state index in [-0.39, 0.29) is 16.7 Å². The van der Waals surface area contributed by atoms with E-state index >= 15 is 0 Å². The van der Waals surface area contributed by atoms with Crippen LogP contribution in [-0.4, -0.2) is 57.3 Å². The Balaban J connectivity index is 1.41. The van der Waals surface area contributed by atoms with Crippen molar-refractivity contribution in [3.63, 3.8) is 0 Å². The van der Waals surface area contributed by atoms with Crippen molar-refractivity contribution < 1.29 is 18.0 Å². The maximum atomic E-state index is 13.4. The minimum atomic E-state index is -3.65. The topological polar surface area (TPSA) is 90.0 Å². The van der Waals surface area contributed by atoms with Gasteiger partial charge in [-0.3, -0.25) is 9.59 Å². The number of nitrogens with zero attached hydrogens (tertiary/aromatic N) is 3. The first-order chi connectivity index (χ1) is 16.9. The predicted octanol–water partition coefficient (Wildman–Crippen LogP) is 3.84. The van der Waals surface area contributed by atoms with Crippen molar-refractivity contribution in [1.29, 1.82) is 0 Å². The summed E-state index contributed by atoms with van der Waals surface area (Å²) in [5.41, 5.74) is 2.54. The fourth-order valence-electron chi connectivity index (χ4n) is 5.19. The number of hydrogen-bond acceptors (Lipinski definition) is 5. The lowest BCUT2D eigenvalue weighted by Gasteiger charge is -2.27. The molecule has 3 heterocycles. The molecule has 2 aromatic rings. The zero-order chi connectivity index (χ0) is 24.4. The van der Waals surface area contributed by atoms with Crippen LogP contribution in [0.1, 0.15) is 55.3 Å². The molecule has 1 N–H and O–H groups in total. The van der Waals surface area contributed by atoms with Gasteiger partial charge in [0.1, 0.15) is 0 Å². The highest BCUT2D eigenvalue weighted by molar-refractivity contribution is 7.89.